The van der Waals surface area contributed by atoms with E-state index in [9.17, 15) is 9.59 Å². The standard InChI is InChI=1S/C16H19NO4/c1-4-21-13-7-5-6-12-14(13)11(8-17-12)15(18)9(2)10(3)16(19)20/h5-10,17H,4H2,1-3H3,(H,19,20). The Morgan fingerprint density at radius 2 is 2.00 bits per heavy atom. The van der Waals surface area contributed by atoms with Gasteiger partial charge in [-0.15, -0.1) is 0 Å². The quantitative estimate of drug-likeness (QED) is 0.801. The van der Waals surface area contributed by atoms with Gasteiger partial charge < -0.3 is 14.8 Å². The van der Waals surface area contributed by atoms with E-state index in [0.717, 1.165) is 5.52 Å². The van der Waals surface area contributed by atoms with Crippen molar-refractivity contribution in [3.63, 3.8) is 0 Å². The molecular weight excluding hydrogens is 270 g/mol. The van der Waals surface area contributed by atoms with Crippen LogP contribution in [0.1, 0.15) is 31.1 Å². The number of aliphatic carboxylic acids is 1. The van der Waals surface area contributed by atoms with E-state index in [4.69, 9.17) is 9.84 Å². The molecule has 21 heavy (non-hydrogen) atoms. The molecule has 0 aliphatic carbocycles. The summed E-state index contributed by atoms with van der Waals surface area (Å²) in [4.78, 5) is 26.7. The van der Waals surface area contributed by atoms with Gasteiger partial charge >= 0.3 is 5.97 Å². The van der Waals surface area contributed by atoms with Gasteiger partial charge in [0, 0.05) is 23.2 Å². The van der Waals surface area contributed by atoms with E-state index >= 15 is 0 Å². The molecule has 2 atom stereocenters. The largest absolute Gasteiger partial charge is 0.493 e. The summed E-state index contributed by atoms with van der Waals surface area (Å²) >= 11 is 0. The highest BCUT2D eigenvalue weighted by atomic mass is 16.5. The second kappa shape index (κ2) is 5.99. The number of carboxylic acids is 1. The zero-order valence-corrected chi connectivity index (χ0v) is 12.3. The van der Waals surface area contributed by atoms with Crippen LogP contribution in [0, 0.1) is 11.8 Å². The van der Waals surface area contributed by atoms with Crippen LogP contribution in [-0.4, -0.2) is 28.4 Å². The third-order valence-electron chi connectivity index (χ3n) is 3.79. The molecule has 2 rings (SSSR count). The smallest absolute Gasteiger partial charge is 0.306 e. The van der Waals surface area contributed by atoms with Gasteiger partial charge in [-0.2, -0.15) is 0 Å². The number of hydrogen-bond acceptors (Lipinski definition) is 3. The van der Waals surface area contributed by atoms with Gasteiger partial charge in [0.15, 0.2) is 5.78 Å². The number of aromatic nitrogens is 1. The third-order valence-corrected chi connectivity index (χ3v) is 3.79. The molecule has 112 valence electrons. The average molecular weight is 289 g/mol. The summed E-state index contributed by atoms with van der Waals surface area (Å²) < 4.78 is 5.57. The van der Waals surface area contributed by atoms with E-state index in [1.165, 1.54) is 0 Å². The normalized spacial score (nSPS) is 13.9. The van der Waals surface area contributed by atoms with Crippen molar-refractivity contribution < 1.29 is 19.4 Å². The van der Waals surface area contributed by atoms with Crippen molar-refractivity contribution >= 4 is 22.7 Å². The molecule has 0 bridgehead atoms. The van der Waals surface area contributed by atoms with Crippen molar-refractivity contribution in [2.45, 2.75) is 20.8 Å². The van der Waals surface area contributed by atoms with Gasteiger partial charge in [-0.3, -0.25) is 9.59 Å². The van der Waals surface area contributed by atoms with E-state index in [0.29, 0.717) is 23.3 Å². The van der Waals surface area contributed by atoms with Crippen LogP contribution in [0.15, 0.2) is 24.4 Å². The lowest BCUT2D eigenvalue weighted by Crippen LogP contribution is -2.25. The molecule has 0 saturated carbocycles. The lowest BCUT2D eigenvalue weighted by Gasteiger charge is -2.14. The highest BCUT2D eigenvalue weighted by molar-refractivity contribution is 6.11. The molecule has 5 nitrogen and oxygen atoms in total. The Morgan fingerprint density at radius 1 is 1.29 bits per heavy atom. The lowest BCUT2D eigenvalue weighted by atomic mass is 9.88. The highest BCUT2D eigenvalue weighted by Gasteiger charge is 2.28. The summed E-state index contributed by atoms with van der Waals surface area (Å²) in [5.74, 6) is -1.86. The Balaban J connectivity index is 2.46. The van der Waals surface area contributed by atoms with Crippen LogP contribution >= 0.6 is 0 Å². The second-order valence-corrected chi connectivity index (χ2v) is 5.09. The predicted molar refractivity (Wildman–Crippen MR) is 79.8 cm³/mol. The van der Waals surface area contributed by atoms with Crippen molar-refractivity contribution in [1.82, 2.24) is 4.98 Å². The topological polar surface area (TPSA) is 79.4 Å². The van der Waals surface area contributed by atoms with Crippen LogP contribution in [0.4, 0.5) is 0 Å². The zero-order chi connectivity index (χ0) is 15.6. The minimum Gasteiger partial charge on any atom is -0.493 e. The Bertz CT molecular complexity index is 674. The molecule has 2 unspecified atom stereocenters. The Kier molecular flexibility index (Phi) is 4.31. The summed E-state index contributed by atoms with van der Waals surface area (Å²) in [6, 6.07) is 5.52. The number of carboxylic acid groups (broad SMARTS) is 1. The molecule has 2 aromatic rings. The van der Waals surface area contributed by atoms with E-state index in [-0.39, 0.29) is 5.78 Å². The Labute approximate surface area is 122 Å². The van der Waals surface area contributed by atoms with Crippen molar-refractivity contribution in [3.8, 4) is 5.75 Å². The maximum Gasteiger partial charge on any atom is 0.306 e. The molecule has 0 aliphatic rings. The van der Waals surface area contributed by atoms with Crippen LogP contribution in [0.3, 0.4) is 0 Å². The number of carbonyl (C=O) groups excluding carboxylic acids is 1. The molecule has 5 heteroatoms. The summed E-state index contributed by atoms with van der Waals surface area (Å²) in [5, 5.41) is 9.78. The van der Waals surface area contributed by atoms with Crippen LogP contribution < -0.4 is 4.74 Å². The van der Waals surface area contributed by atoms with Crippen molar-refractivity contribution in [1.29, 1.82) is 0 Å². The number of Topliss-reactive ketones (excluding diaryl/α,β-unsaturated/α-hetero) is 1. The first-order valence-corrected chi connectivity index (χ1v) is 6.97. The average Bonchev–Trinajstić information content (AvgIpc) is 2.90. The molecule has 1 aromatic carbocycles. The van der Waals surface area contributed by atoms with E-state index in [1.807, 2.05) is 25.1 Å². The third kappa shape index (κ3) is 2.77. The Morgan fingerprint density at radius 3 is 2.62 bits per heavy atom. The van der Waals surface area contributed by atoms with Crippen molar-refractivity contribution in [3.05, 3.63) is 30.0 Å². The number of ketones is 1. The molecule has 2 N–H and O–H groups in total. The van der Waals surface area contributed by atoms with Gasteiger partial charge in [0.25, 0.3) is 0 Å². The van der Waals surface area contributed by atoms with E-state index < -0.39 is 17.8 Å². The fraction of sp³-hybridized carbons (Fsp3) is 0.375. The fourth-order valence-corrected chi connectivity index (χ4v) is 2.31. The molecular formula is C16H19NO4. The number of rotatable bonds is 6. The minimum atomic E-state index is -0.972. The van der Waals surface area contributed by atoms with E-state index in [2.05, 4.69) is 4.98 Å². The lowest BCUT2D eigenvalue weighted by molar-refractivity contribution is -0.142. The number of benzene rings is 1. The van der Waals surface area contributed by atoms with Crippen LogP contribution in [0.5, 0.6) is 5.75 Å². The Hall–Kier alpha value is -2.30. The molecule has 1 aromatic heterocycles. The minimum absolute atomic E-state index is 0.191. The SMILES string of the molecule is CCOc1cccc2[nH]cc(C(=O)C(C)C(C)C(=O)O)c12. The van der Waals surface area contributed by atoms with Crippen LogP contribution in [0.25, 0.3) is 10.9 Å². The molecule has 0 radical (unpaired) electrons. The molecule has 0 spiro atoms. The van der Waals surface area contributed by atoms with Crippen molar-refractivity contribution in [2.24, 2.45) is 11.8 Å². The number of hydrogen-bond donors (Lipinski definition) is 2. The van der Waals surface area contributed by atoms with Gasteiger partial charge in [0.05, 0.1) is 17.9 Å². The number of fused-ring (bicyclic) bond motifs is 1. The van der Waals surface area contributed by atoms with Crippen LogP contribution in [0.2, 0.25) is 0 Å². The number of H-pyrrole nitrogens is 1. The molecule has 0 fully saturated rings. The van der Waals surface area contributed by atoms with E-state index in [1.54, 1.807) is 20.0 Å². The molecule has 0 saturated heterocycles. The predicted octanol–water partition coefficient (Wildman–Crippen LogP) is 3.11. The maximum absolute atomic E-state index is 12.6. The van der Waals surface area contributed by atoms with Crippen molar-refractivity contribution in [2.75, 3.05) is 6.61 Å². The summed E-state index contributed by atoms with van der Waals surface area (Å²) in [6.07, 6.45) is 1.63. The summed E-state index contributed by atoms with van der Waals surface area (Å²) in [6.45, 7) is 5.56. The first-order valence-electron chi connectivity index (χ1n) is 6.97. The van der Waals surface area contributed by atoms with Gasteiger partial charge in [-0.1, -0.05) is 19.9 Å². The van der Waals surface area contributed by atoms with Gasteiger partial charge in [-0.05, 0) is 19.1 Å². The maximum atomic E-state index is 12.6. The molecule has 1 heterocycles. The molecule has 0 amide bonds. The van der Waals surface area contributed by atoms with Crippen LogP contribution in [-0.2, 0) is 4.79 Å². The summed E-state index contributed by atoms with van der Waals surface area (Å²) in [5.41, 5.74) is 1.29. The monoisotopic (exact) mass is 289 g/mol. The zero-order valence-electron chi connectivity index (χ0n) is 12.3. The summed E-state index contributed by atoms with van der Waals surface area (Å²) in [7, 11) is 0. The fourth-order valence-electron chi connectivity index (χ4n) is 2.31. The second-order valence-electron chi connectivity index (χ2n) is 5.09. The number of ether oxygens (including phenoxy) is 1. The van der Waals surface area contributed by atoms with Gasteiger partial charge in [-0.25, -0.2) is 0 Å². The number of nitrogens with one attached hydrogen (secondary N) is 1. The number of aromatic amines is 1. The highest BCUT2D eigenvalue weighted by Crippen LogP contribution is 2.31. The van der Waals surface area contributed by atoms with Gasteiger partial charge in [0.1, 0.15) is 5.75 Å². The first-order chi connectivity index (χ1) is 9.97. The molecule has 0 aliphatic heterocycles. The van der Waals surface area contributed by atoms with Gasteiger partial charge in [0.2, 0.25) is 0 Å². The number of carbonyl (C=O) groups is 2. The first kappa shape index (κ1) is 15.1.